The lowest BCUT2D eigenvalue weighted by Gasteiger charge is -2.29. The molecule has 0 spiro atoms. The minimum atomic E-state index is 1.11. The van der Waals surface area contributed by atoms with Crippen molar-refractivity contribution in [2.75, 3.05) is 4.90 Å². The molecule has 0 saturated carbocycles. The second-order valence-electron chi connectivity index (χ2n) is 14.5. The molecule has 0 radical (unpaired) electrons. The van der Waals surface area contributed by atoms with E-state index < -0.39 is 0 Å². The molecule has 3 heteroatoms. The zero-order chi connectivity index (χ0) is 37.7. The predicted molar refractivity (Wildman–Crippen MR) is 245 cm³/mol. The van der Waals surface area contributed by atoms with Gasteiger partial charge >= 0.3 is 0 Å². The molecular formula is C54H36N2S. The normalized spacial score (nSPS) is 11.5. The van der Waals surface area contributed by atoms with E-state index in [0.29, 0.717) is 0 Å². The minimum absolute atomic E-state index is 1.11. The highest BCUT2D eigenvalue weighted by atomic mass is 32.1. The van der Waals surface area contributed by atoms with Gasteiger partial charge in [0.15, 0.2) is 0 Å². The minimum Gasteiger partial charge on any atom is -0.309 e. The first-order chi connectivity index (χ1) is 28.3. The third-order valence-corrected chi connectivity index (χ3v) is 12.3. The smallest absolute Gasteiger partial charge is 0.0555 e. The second-order valence-corrected chi connectivity index (χ2v) is 15.6. The summed E-state index contributed by atoms with van der Waals surface area (Å²) < 4.78 is 4.99. The van der Waals surface area contributed by atoms with Gasteiger partial charge in [0, 0.05) is 47.9 Å². The van der Waals surface area contributed by atoms with Crippen molar-refractivity contribution in [2.24, 2.45) is 0 Å². The summed E-state index contributed by atoms with van der Waals surface area (Å²) in [6.45, 7) is 0. The van der Waals surface area contributed by atoms with Gasteiger partial charge in [-0.2, -0.15) is 0 Å². The summed E-state index contributed by atoms with van der Waals surface area (Å²) in [7, 11) is 0. The fourth-order valence-electron chi connectivity index (χ4n) is 8.67. The molecule has 11 aromatic rings. The fourth-order valence-corrected chi connectivity index (χ4v) is 9.80. The van der Waals surface area contributed by atoms with Crippen LogP contribution in [0.3, 0.4) is 0 Å². The number of hydrogen-bond acceptors (Lipinski definition) is 2. The summed E-state index contributed by atoms with van der Waals surface area (Å²) in [5.41, 5.74) is 14.1. The maximum Gasteiger partial charge on any atom is 0.0555 e. The average molecular weight is 745 g/mol. The molecule has 9 aromatic carbocycles. The monoisotopic (exact) mass is 744 g/mol. The molecule has 57 heavy (non-hydrogen) atoms. The maximum atomic E-state index is 2.49. The maximum absolute atomic E-state index is 2.49. The number of para-hydroxylation sites is 2. The number of nitrogens with zero attached hydrogens (tertiary/aromatic N) is 2. The Hall–Kier alpha value is -7.20. The van der Waals surface area contributed by atoms with Gasteiger partial charge in [-0.1, -0.05) is 152 Å². The largest absolute Gasteiger partial charge is 0.309 e. The van der Waals surface area contributed by atoms with Crippen LogP contribution < -0.4 is 4.90 Å². The van der Waals surface area contributed by atoms with Gasteiger partial charge < -0.3 is 9.47 Å². The predicted octanol–water partition coefficient (Wildman–Crippen LogP) is 15.6. The first-order valence-corrected chi connectivity index (χ1v) is 20.3. The van der Waals surface area contributed by atoms with Crippen molar-refractivity contribution in [3.63, 3.8) is 0 Å². The quantitative estimate of drug-likeness (QED) is 0.158. The number of rotatable bonds is 7. The number of aromatic nitrogens is 1. The molecule has 2 aromatic heterocycles. The van der Waals surface area contributed by atoms with E-state index in [-0.39, 0.29) is 0 Å². The van der Waals surface area contributed by atoms with Gasteiger partial charge in [-0.3, -0.25) is 0 Å². The van der Waals surface area contributed by atoms with Gasteiger partial charge in [0.2, 0.25) is 0 Å². The lowest BCUT2D eigenvalue weighted by molar-refractivity contribution is 1.18. The van der Waals surface area contributed by atoms with Gasteiger partial charge in [0.05, 0.1) is 22.4 Å². The number of anilines is 3. The highest BCUT2D eigenvalue weighted by Crippen LogP contribution is 2.49. The van der Waals surface area contributed by atoms with E-state index in [9.17, 15) is 0 Å². The molecule has 0 saturated heterocycles. The Bertz CT molecular complexity index is 3230. The molecule has 0 aliphatic carbocycles. The molecule has 11 rings (SSSR count). The van der Waals surface area contributed by atoms with Crippen LogP contribution in [0.5, 0.6) is 0 Å². The zero-order valence-corrected chi connectivity index (χ0v) is 31.9. The van der Waals surface area contributed by atoms with Gasteiger partial charge in [0.1, 0.15) is 0 Å². The molecule has 0 unspecified atom stereocenters. The zero-order valence-electron chi connectivity index (χ0n) is 31.1. The fraction of sp³-hybridized carbons (Fsp3) is 0. The van der Waals surface area contributed by atoms with E-state index in [0.717, 1.165) is 22.7 Å². The molecule has 0 aliphatic heterocycles. The molecule has 268 valence electrons. The third kappa shape index (κ3) is 5.63. The van der Waals surface area contributed by atoms with Crippen LogP contribution >= 0.6 is 11.3 Å². The highest BCUT2D eigenvalue weighted by molar-refractivity contribution is 7.26. The molecule has 0 fully saturated rings. The van der Waals surface area contributed by atoms with Crippen LogP contribution in [0.25, 0.3) is 81.0 Å². The van der Waals surface area contributed by atoms with Crippen molar-refractivity contribution in [2.45, 2.75) is 0 Å². The molecular weight excluding hydrogens is 709 g/mol. The second kappa shape index (κ2) is 13.8. The lowest BCUT2D eigenvalue weighted by atomic mass is 9.95. The van der Waals surface area contributed by atoms with Gasteiger partial charge in [0.25, 0.3) is 0 Å². The Morgan fingerprint density at radius 1 is 0.351 bits per heavy atom. The Morgan fingerprint density at radius 3 is 1.81 bits per heavy atom. The molecule has 0 N–H and O–H groups in total. The van der Waals surface area contributed by atoms with E-state index in [2.05, 4.69) is 228 Å². The summed E-state index contributed by atoms with van der Waals surface area (Å²) in [6.07, 6.45) is 0. The van der Waals surface area contributed by atoms with Crippen molar-refractivity contribution in [1.29, 1.82) is 0 Å². The van der Waals surface area contributed by atoms with E-state index in [1.807, 2.05) is 11.3 Å². The van der Waals surface area contributed by atoms with Crippen LogP contribution in [0.2, 0.25) is 0 Å². The summed E-state index contributed by atoms with van der Waals surface area (Å²) >= 11 is 1.86. The van der Waals surface area contributed by atoms with Gasteiger partial charge in [-0.25, -0.2) is 0 Å². The third-order valence-electron chi connectivity index (χ3n) is 11.2. The number of fused-ring (bicyclic) bond motifs is 6. The summed E-state index contributed by atoms with van der Waals surface area (Å²) in [6, 6.07) is 79.4. The van der Waals surface area contributed by atoms with Gasteiger partial charge in [-0.15, -0.1) is 11.3 Å². The van der Waals surface area contributed by atoms with E-state index in [4.69, 9.17) is 0 Å². The van der Waals surface area contributed by atoms with E-state index in [1.54, 1.807) is 0 Å². The van der Waals surface area contributed by atoms with Crippen molar-refractivity contribution < 1.29 is 0 Å². The van der Waals surface area contributed by atoms with E-state index in [1.165, 1.54) is 75.4 Å². The molecule has 0 atom stereocenters. The van der Waals surface area contributed by atoms with Crippen LogP contribution in [-0.2, 0) is 0 Å². The van der Waals surface area contributed by atoms with Crippen LogP contribution in [-0.4, -0.2) is 4.57 Å². The standard InChI is InChI=1S/C54H36N2S/c1-4-17-37(18-5-1)39-21-14-22-40(35-39)44-27-15-29-49-53(44)46-36-42(33-34-48(46)55(49)41-23-8-3-9-24-41)56(47-28-12-10-25-43(47)38-19-6-2-7-20-38)50-30-16-32-52-54(50)45-26-11-13-31-51(45)57-52/h1-36H. The molecule has 2 nitrogen and oxygen atoms in total. The summed E-state index contributed by atoms with van der Waals surface area (Å²) in [5.74, 6) is 0. The number of benzene rings is 9. The van der Waals surface area contributed by atoms with Crippen LogP contribution in [0.4, 0.5) is 17.1 Å². The van der Waals surface area contributed by atoms with E-state index >= 15 is 0 Å². The van der Waals surface area contributed by atoms with Crippen LogP contribution in [0.15, 0.2) is 218 Å². The summed E-state index contributed by atoms with van der Waals surface area (Å²) in [5, 5.41) is 4.99. The number of thiophene rings is 1. The molecule has 0 amide bonds. The Kier molecular flexibility index (Phi) is 8.04. The SMILES string of the molecule is c1ccc(-c2cccc(-c3cccc4c3c3cc(N(c5ccccc5-c5ccccc5)c5cccc6sc7ccccc7c56)ccc3n4-c3ccccc3)c2)cc1. The highest BCUT2D eigenvalue weighted by Gasteiger charge is 2.23. The Labute approximate surface area is 335 Å². The first kappa shape index (κ1) is 33.2. The molecule has 0 aliphatic rings. The van der Waals surface area contributed by atoms with Crippen molar-refractivity contribution in [3.8, 4) is 39.1 Å². The average Bonchev–Trinajstić information content (AvgIpc) is 3.84. The lowest BCUT2D eigenvalue weighted by Crippen LogP contribution is -2.11. The Balaban J connectivity index is 1.22. The van der Waals surface area contributed by atoms with Crippen molar-refractivity contribution >= 4 is 70.4 Å². The van der Waals surface area contributed by atoms with Crippen LogP contribution in [0, 0.1) is 0 Å². The van der Waals surface area contributed by atoms with Crippen molar-refractivity contribution in [1.82, 2.24) is 4.57 Å². The first-order valence-electron chi connectivity index (χ1n) is 19.4. The van der Waals surface area contributed by atoms with Gasteiger partial charge in [-0.05, 0) is 94.5 Å². The molecule has 0 bridgehead atoms. The molecule has 2 heterocycles. The topological polar surface area (TPSA) is 8.17 Å². The van der Waals surface area contributed by atoms with Crippen molar-refractivity contribution in [3.05, 3.63) is 218 Å². The Morgan fingerprint density at radius 2 is 0.965 bits per heavy atom. The van der Waals surface area contributed by atoms with Crippen LogP contribution in [0.1, 0.15) is 0 Å². The summed E-state index contributed by atoms with van der Waals surface area (Å²) in [4.78, 5) is 2.49. The number of hydrogen-bond donors (Lipinski definition) is 0.